The van der Waals surface area contributed by atoms with Gasteiger partial charge in [-0.2, -0.15) is 0 Å². The van der Waals surface area contributed by atoms with Crippen molar-refractivity contribution in [3.8, 4) is 0 Å². The number of nitrogens with one attached hydrogen (secondary N) is 1. The van der Waals surface area contributed by atoms with Gasteiger partial charge in [-0.15, -0.1) is 0 Å². The highest BCUT2D eigenvalue weighted by molar-refractivity contribution is 5.89. The van der Waals surface area contributed by atoms with Gasteiger partial charge in [-0.3, -0.25) is 11.3 Å². The highest BCUT2D eigenvalue weighted by atomic mass is 16.4. The molecule has 0 radical (unpaired) electrons. The highest BCUT2D eigenvalue weighted by Crippen LogP contribution is 2.09. The Morgan fingerprint density at radius 3 is 2.10 bits per heavy atom. The van der Waals surface area contributed by atoms with Crippen molar-refractivity contribution in [1.29, 1.82) is 0 Å². The third kappa shape index (κ3) is 8.84. The van der Waals surface area contributed by atoms with Crippen LogP contribution in [0.5, 0.6) is 0 Å². The zero-order chi connectivity index (χ0) is 15.5. The minimum absolute atomic E-state index is 0.558. The average molecular weight is 280 g/mol. The smallest absolute Gasteiger partial charge is 0.328 e. The summed E-state index contributed by atoms with van der Waals surface area (Å²) in [6, 6.07) is 6.52. The Morgan fingerprint density at radius 2 is 1.70 bits per heavy atom. The molecule has 0 spiro atoms. The van der Waals surface area contributed by atoms with Crippen molar-refractivity contribution in [2.24, 2.45) is 5.84 Å². The molecule has 1 rings (SSSR count). The van der Waals surface area contributed by atoms with Gasteiger partial charge in [0, 0.05) is 18.7 Å². The van der Waals surface area contributed by atoms with Crippen molar-refractivity contribution >= 4 is 11.9 Å². The average Bonchev–Trinajstić information content (AvgIpc) is 2.38. The number of carboxylic acids is 2. The Labute approximate surface area is 117 Å². The fourth-order valence-corrected chi connectivity index (χ4v) is 1.32. The summed E-state index contributed by atoms with van der Waals surface area (Å²) in [5, 5.41) is 15.6. The summed E-state index contributed by atoms with van der Waals surface area (Å²) in [4.78, 5) is 19.1. The molecule has 0 saturated carbocycles. The molecule has 6 nitrogen and oxygen atoms in total. The minimum atomic E-state index is -1.26. The van der Waals surface area contributed by atoms with E-state index < -0.39 is 11.9 Å². The van der Waals surface area contributed by atoms with Crippen LogP contribution in [0.25, 0.3) is 0 Å². The Bertz CT molecular complexity index is 468. The lowest BCUT2D eigenvalue weighted by atomic mass is 10.0. The van der Waals surface area contributed by atoms with E-state index in [1.165, 1.54) is 16.7 Å². The van der Waals surface area contributed by atoms with Crippen molar-refractivity contribution in [3.05, 3.63) is 47.0 Å². The molecular weight excluding hydrogens is 260 g/mol. The van der Waals surface area contributed by atoms with E-state index in [1.54, 1.807) is 0 Å². The van der Waals surface area contributed by atoms with Gasteiger partial charge in [0.2, 0.25) is 0 Å². The zero-order valence-corrected chi connectivity index (χ0v) is 11.6. The van der Waals surface area contributed by atoms with Crippen LogP contribution in [0.1, 0.15) is 16.7 Å². The molecule has 0 aliphatic rings. The summed E-state index contributed by atoms with van der Waals surface area (Å²) in [6.45, 7) is 5.09. The lowest BCUT2D eigenvalue weighted by molar-refractivity contribution is -0.134. The normalized spacial score (nSPS) is 9.95. The van der Waals surface area contributed by atoms with Crippen LogP contribution in [0.2, 0.25) is 0 Å². The molecule has 6 heteroatoms. The molecule has 1 aromatic rings. The van der Waals surface area contributed by atoms with Gasteiger partial charge in [0.15, 0.2) is 0 Å². The van der Waals surface area contributed by atoms with Crippen LogP contribution < -0.4 is 11.3 Å². The monoisotopic (exact) mass is 280 g/mol. The predicted octanol–water partition coefficient (Wildman–Crippen LogP) is 1.02. The maximum Gasteiger partial charge on any atom is 0.328 e. The number of benzene rings is 1. The Morgan fingerprint density at radius 1 is 1.15 bits per heavy atom. The molecule has 0 fully saturated rings. The third-order valence-electron chi connectivity index (χ3n) is 2.50. The number of carboxylic acid groups (broad SMARTS) is 2. The van der Waals surface area contributed by atoms with Crippen LogP contribution in [-0.4, -0.2) is 28.7 Å². The van der Waals surface area contributed by atoms with E-state index >= 15 is 0 Å². The number of nitrogens with two attached hydrogens (primary N) is 1. The van der Waals surface area contributed by atoms with Crippen LogP contribution in [0.15, 0.2) is 30.4 Å². The van der Waals surface area contributed by atoms with Crippen LogP contribution in [0, 0.1) is 13.8 Å². The molecule has 0 heterocycles. The van der Waals surface area contributed by atoms with E-state index in [-0.39, 0.29) is 0 Å². The lowest BCUT2D eigenvalue weighted by Gasteiger charge is -2.04. The maximum absolute atomic E-state index is 9.55. The van der Waals surface area contributed by atoms with Gasteiger partial charge in [-0.1, -0.05) is 18.2 Å². The summed E-state index contributed by atoms with van der Waals surface area (Å²) in [5.41, 5.74) is 6.69. The predicted molar refractivity (Wildman–Crippen MR) is 76.2 cm³/mol. The van der Waals surface area contributed by atoms with E-state index in [9.17, 15) is 9.59 Å². The van der Waals surface area contributed by atoms with Crippen molar-refractivity contribution in [2.45, 2.75) is 20.3 Å². The Kier molecular flexibility index (Phi) is 8.65. The number of hydrazine groups is 1. The number of rotatable bonds is 5. The minimum Gasteiger partial charge on any atom is -0.478 e. The molecule has 0 atom stereocenters. The van der Waals surface area contributed by atoms with E-state index in [4.69, 9.17) is 16.1 Å². The van der Waals surface area contributed by atoms with Gasteiger partial charge in [0.05, 0.1) is 0 Å². The maximum atomic E-state index is 9.55. The fourth-order valence-electron chi connectivity index (χ4n) is 1.32. The van der Waals surface area contributed by atoms with Crippen molar-refractivity contribution in [1.82, 2.24) is 5.43 Å². The molecular formula is C14H20N2O4. The van der Waals surface area contributed by atoms with Gasteiger partial charge in [-0.25, -0.2) is 9.59 Å². The number of hydrogen-bond donors (Lipinski definition) is 4. The first-order chi connectivity index (χ1) is 9.36. The molecule has 5 N–H and O–H groups in total. The second-order valence-corrected chi connectivity index (χ2v) is 4.13. The molecule has 110 valence electrons. The Balaban J connectivity index is 0.000000396. The number of carbonyl (C=O) groups is 2. The standard InChI is InChI=1S/C10H16N2.C4H4O4/c1-8-3-4-10(5-6-12-11)7-9(8)2;5-3(6)1-2-4(7)8/h3-4,7,12H,5-6,11H2,1-2H3;1-2H,(H,5,6)(H,7,8)/b;2-1-. The number of aryl methyl sites for hydroxylation is 2. The topological polar surface area (TPSA) is 113 Å². The first-order valence-corrected chi connectivity index (χ1v) is 6.00. The second-order valence-electron chi connectivity index (χ2n) is 4.13. The molecule has 1 aromatic carbocycles. The summed E-state index contributed by atoms with van der Waals surface area (Å²) < 4.78 is 0. The summed E-state index contributed by atoms with van der Waals surface area (Å²) >= 11 is 0. The first-order valence-electron chi connectivity index (χ1n) is 6.00. The molecule has 0 aromatic heterocycles. The van der Waals surface area contributed by atoms with E-state index in [1.807, 2.05) is 0 Å². The van der Waals surface area contributed by atoms with Crippen molar-refractivity contribution in [2.75, 3.05) is 6.54 Å². The van der Waals surface area contributed by atoms with Crippen LogP contribution in [0.4, 0.5) is 0 Å². The summed E-state index contributed by atoms with van der Waals surface area (Å²) in [6.07, 6.45) is 2.11. The fraction of sp³-hybridized carbons (Fsp3) is 0.286. The van der Waals surface area contributed by atoms with Crippen LogP contribution in [-0.2, 0) is 16.0 Å². The van der Waals surface area contributed by atoms with Gasteiger partial charge < -0.3 is 10.2 Å². The molecule has 20 heavy (non-hydrogen) atoms. The van der Waals surface area contributed by atoms with Gasteiger partial charge in [-0.05, 0) is 37.0 Å². The van der Waals surface area contributed by atoms with E-state index in [0.717, 1.165) is 13.0 Å². The highest BCUT2D eigenvalue weighted by Gasteiger charge is 1.95. The molecule has 0 bridgehead atoms. The van der Waals surface area contributed by atoms with Crippen LogP contribution >= 0.6 is 0 Å². The van der Waals surface area contributed by atoms with Crippen molar-refractivity contribution < 1.29 is 19.8 Å². The SMILES string of the molecule is Cc1ccc(CCNN)cc1C.O=C(O)/C=C\C(=O)O. The third-order valence-corrected chi connectivity index (χ3v) is 2.50. The molecule has 0 aliphatic carbocycles. The lowest BCUT2D eigenvalue weighted by Crippen LogP contribution is -2.24. The number of hydrogen-bond acceptors (Lipinski definition) is 4. The first kappa shape index (κ1) is 17.8. The summed E-state index contributed by atoms with van der Waals surface area (Å²) in [7, 11) is 0. The van der Waals surface area contributed by atoms with Crippen LogP contribution in [0.3, 0.4) is 0 Å². The molecule has 0 unspecified atom stereocenters. The Hall–Kier alpha value is -2.18. The van der Waals surface area contributed by atoms with Gasteiger partial charge in [0.25, 0.3) is 0 Å². The van der Waals surface area contributed by atoms with Crippen molar-refractivity contribution in [3.63, 3.8) is 0 Å². The van der Waals surface area contributed by atoms with Gasteiger partial charge in [0.1, 0.15) is 0 Å². The molecule has 0 saturated heterocycles. The molecule has 0 aliphatic heterocycles. The zero-order valence-electron chi connectivity index (χ0n) is 11.6. The quantitative estimate of drug-likeness (QED) is 0.364. The summed E-state index contributed by atoms with van der Waals surface area (Å²) in [5.74, 6) is 2.68. The number of aliphatic carboxylic acids is 2. The van der Waals surface area contributed by atoms with E-state index in [2.05, 4.69) is 37.5 Å². The molecule has 0 amide bonds. The van der Waals surface area contributed by atoms with E-state index in [0.29, 0.717) is 12.2 Å². The second kappa shape index (κ2) is 9.71. The van der Waals surface area contributed by atoms with Gasteiger partial charge >= 0.3 is 11.9 Å². The largest absolute Gasteiger partial charge is 0.478 e.